The molecule has 0 unspecified atom stereocenters. The number of carbonyl (C=O) groups is 2. The lowest BCUT2D eigenvalue weighted by atomic mass is 10.1. The predicted molar refractivity (Wildman–Crippen MR) is 147 cm³/mol. The highest BCUT2D eigenvalue weighted by atomic mass is 35.5. The van der Waals surface area contributed by atoms with Crippen molar-refractivity contribution in [3.63, 3.8) is 0 Å². The summed E-state index contributed by atoms with van der Waals surface area (Å²) in [6, 6.07) is 5.91. The third-order valence-corrected chi connectivity index (χ3v) is 7.75. The maximum atomic E-state index is 12.5. The van der Waals surface area contributed by atoms with Crippen molar-refractivity contribution in [1.82, 2.24) is 10.3 Å². The van der Waals surface area contributed by atoms with Crippen molar-refractivity contribution in [3.05, 3.63) is 79.1 Å². The lowest BCUT2D eigenvalue weighted by molar-refractivity contribution is -0.136. The Hall–Kier alpha value is -3.16. The molecule has 3 N–H and O–H groups in total. The van der Waals surface area contributed by atoms with Gasteiger partial charge in [0.15, 0.2) is 16.3 Å². The van der Waals surface area contributed by atoms with Crippen molar-refractivity contribution in [2.75, 3.05) is 5.32 Å². The number of carboxylic acids is 1. The number of benzene rings is 2. The highest BCUT2D eigenvalue weighted by Gasteiger charge is 2.33. The van der Waals surface area contributed by atoms with Gasteiger partial charge in [-0.2, -0.15) is 13.2 Å². The monoisotopic (exact) mass is 653 g/mol. The largest absolute Gasteiger partial charge is 0.481 e. The van der Waals surface area contributed by atoms with Gasteiger partial charge in [0.2, 0.25) is 0 Å². The molecule has 210 valence electrons. The van der Waals surface area contributed by atoms with Crippen LogP contribution in [-0.2, 0) is 23.9 Å². The van der Waals surface area contributed by atoms with Gasteiger partial charge in [-0.05, 0) is 24.3 Å². The number of halogens is 7. The zero-order valence-corrected chi connectivity index (χ0v) is 23.4. The van der Waals surface area contributed by atoms with Gasteiger partial charge in [-0.1, -0.05) is 57.7 Å². The Morgan fingerprint density at radius 2 is 1.48 bits per heavy atom. The van der Waals surface area contributed by atoms with E-state index in [2.05, 4.69) is 15.6 Å². The Morgan fingerprint density at radius 1 is 0.925 bits per heavy atom. The summed E-state index contributed by atoms with van der Waals surface area (Å²) < 4.78 is 48.0. The summed E-state index contributed by atoms with van der Waals surface area (Å²) in [6.07, 6.45) is -1.12. The van der Waals surface area contributed by atoms with Gasteiger partial charge in [-0.25, -0.2) is 9.78 Å². The molecule has 2 amide bonds. The number of carboxylic acid groups (broad SMARTS) is 1. The van der Waals surface area contributed by atoms with E-state index in [1.165, 1.54) is 12.5 Å². The molecule has 0 saturated carbocycles. The number of amides is 2. The van der Waals surface area contributed by atoms with E-state index < -0.39 is 23.1 Å². The molecule has 0 spiro atoms. The first kappa shape index (κ1) is 29.8. The molecule has 8 nitrogen and oxygen atoms in total. The highest BCUT2D eigenvalue weighted by Crippen LogP contribution is 2.36. The number of hydrogen-bond donors (Lipinski definition) is 3. The number of nitrogens with one attached hydrogen (secondary N) is 2. The minimum atomic E-state index is -4.50. The normalized spacial score (nSPS) is 11.4. The van der Waals surface area contributed by atoms with Crippen LogP contribution in [0.25, 0.3) is 21.9 Å². The van der Waals surface area contributed by atoms with Crippen LogP contribution in [0.15, 0.2) is 51.8 Å². The molecular formula is C24H14Cl4F3N3O5S. The van der Waals surface area contributed by atoms with E-state index in [-0.39, 0.29) is 23.1 Å². The average Bonchev–Trinajstić information content (AvgIpc) is 3.62. The molecule has 0 aliphatic carbocycles. The predicted octanol–water partition coefficient (Wildman–Crippen LogP) is 8.90. The van der Waals surface area contributed by atoms with Gasteiger partial charge < -0.3 is 19.3 Å². The Kier molecular flexibility index (Phi) is 9.06. The second kappa shape index (κ2) is 12.1. The highest BCUT2D eigenvalue weighted by molar-refractivity contribution is 7.15. The van der Waals surface area contributed by atoms with Crippen LogP contribution in [0, 0.1) is 0 Å². The zero-order valence-electron chi connectivity index (χ0n) is 19.5. The number of fused-ring (bicyclic) bond motifs is 2. The van der Waals surface area contributed by atoms with Crippen LogP contribution in [0.5, 0.6) is 0 Å². The fraction of sp³-hybridized carbons (Fsp3) is 0.125. The number of carbonyl (C=O) groups excluding carboxylic acids is 1. The summed E-state index contributed by atoms with van der Waals surface area (Å²) in [5.41, 5.74) is 2.05. The number of aromatic nitrogens is 1. The Balaban J connectivity index is 0.000000210. The molecule has 5 rings (SSSR count). The third-order valence-electron chi connectivity index (χ3n) is 5.22. The van der Waals surface area contributed by atoms with Gasteiger partial charge in [0, 0.05) is 28.4 Å². The molecule has 40 heavy (non-hydrogen) atoms. The fourth-order valence-electron chi connectivity index (χ4n) is 3.40. The average molecular weight is 655 g/mol. The number of furan rings is 2. The molecule has 16 heteroatoms. The number of nitrogens with zero attached hydrogens (tertiary/aromatic N) is 1. The summed E-state index contributed by atoms with van der Waals surface area (Å²) in [5, 5.41) is 15.9. The smallest absolute Gasteiger partial charge is 0.427 e. The minimum absolute atomic E-state index is 0.0777. The number of anilines is 1. The molecule has 0 saturated heterocycles. The van der Waals surface area contributed by atoms with Gasteiger partial charge in [0.25, 0.3) is 0 Å². The Labute approximate surface area is 246 Å². The van der Waals surface area contributed by atoms with Crippen LogP contribution in [0.2, 0.25) is 20.1 Å². The van der Waals surface area contributed by atoms with Crippen molar-refractivity contribution >= 4 is 96.8 Å². The lowest BCUT2D eigenvalue weighted by Crippen LogP contribution is -2.27. The molecule has 5 aromatic rings. The van der Waals surface area contributed by atoms with Crippen LogP contribution in [0.4, 0.5) is 23.1 Å². The molecule has 3 aromatic heterocycles. The van der Waals surface area contributed by atoms with Crippen molar-refractivity contribution in [3.8, 4) is 0 Å². The Bertz CT molecular complexity index is 1720. The molecule has 0 bridgehead atoms. The molecule has 0 atom stereocenters. The van der Waals surface area contributed by atoms with Gasteiger partial charge in [0.1, 0.15) is 14.9 Å². The number of rotatable bonds is 5. The second-order valence-corrected chi connectivity index (χ2v) is 10.5. The second-order valence-electron chi connectivity index (χ2n) is 7.90. The first-order chi connectivity index (χ1) is 18.8. The zero-order chi connectivity index (χ0) is 29.2. The van der Waals surface area contributed by atoms with Crippen molar-refractivity contribution < 1.29 is 36.7 Å². The van der Waals surface area contributed by atoms with Gasteiger partial charge in [-0.15, -0.1) is 0 Å². The van der Waals surface area contributed by atoms with Gasteiger partial charge >= 0.3 is 18.2 Å². The number of thiazole rings is 1. The SMILES string of the molecule is O=C(NCc1coc2c(Cl)c(Cl)ccc12)Nc1ncc(C(F)(F)F)s1.O=C(O)Cc1coc2c(Cl)c(Cl)ccc12. The third kappa shape index (κ3) is 6.76. The molecule has 2 aromatic carbocycles. The van der Waals surface area contributed by atoms with E-state index >= 15 is 0 Å². The van der Waals surface area contributed by atoms with E-state index in [4.69, 9.17) is 60.3 Å². The van der Waals surface area contributed by atoms with Gasteiger partial charge in [0.05, 0.1) is 35.2 Å². The molecule has 0 aliphatic rings. The first-order valence-corrected chi connectivity index (χ1v) is 13.2. The molecule has 0 radical (unpaired) electrons. The summed E-state index contributed by atoms with van der Waals surface area (Å²) in [7, 11) is 0. The summed E-state index contributed by atoms with van der Waals surface area (Å²) in [5.74, 6) is -0.913. The molecule has 0 aliphatic heterocycles. The fourth-order valence-corrected chi connectivity index (χ4v) is 4.80. The standard InChI is InChI=1S/C14H8Cl2F3N3O2S.C10H6Cl2O3/c15-8-2-1-7-6(5-24-11(7)10(8)16)3-20-12(23)22-13-21-4-9(25-13)14(17,18)19;11-7-2-1-6-5(3-8(13)14)4-15-10(6)9(7)12/h1-2,4-5H,3H2,(H2,20,21,22,23);1-2,4H,3H2,(H,13,14). The first-order valence-electron chi connectivity index (χ1n) is 10.8. The molecule has 0 fully saturated rings. The number of alkyl halides is 3. The van der Waals surface area contributed by atoms with Crippen LogP contribution in [0.1, 0.15) is 16.0 Å². The summed E-state index contributed by atoms with van der Waals surface area (Å²) in [4.78, 5) is 25.0. The van der Waals surface area contributed by atoms with E-state index in [0.29, 0.717) is 65.7 Å². The van der Waals surface area contributed by atoms with Gasteiger partial charge in [-0.3, -0.25) is 10.1 Å². The number of aliphatic carboxylic acids is 1. The minimum Gasteiger partial charge on any atom is -0.481 e. The van der Waals surface area contributed by atoms with E-state index in [0.717, 1.165) is 0 Å². The topological polar surface area (TPSA) is 118 Å². The van der Waals surface area contributed by atoms with Crippen LogP contribution >= 0.6 is 57.7 Å². The van der Waals surface area contributed by atoms with Crippen LogP contribution in [0.3, 0.4) is 0 Å². The Morgan fingerprint density at radius 3 is 2.00 bits per heavy atom. The van der Waals surface area contributed by atoms with Crippen LogP contribution in [-0.4, -0.2) is 22.1 Å². The quantitative estimate of drug-likeness (QED) is 0.174. The molecule has 3 heterocycles. The maximum absolute atomic E-state index is 12.5. The molecular weight excluding hydrogens is 641 g/mol. The van der Waals surface area contributed by atoms with Crippen LogP contribution < -0.4 is 10.6 Å². The lowest BCUT2D eigenvalue weighted by Gasteiger charge is -2.04. The van der Waals surface area contributed by atoms with E-state index in [9.17, 15) is 22.8 Å². The van der Waals surface area contributed by atoms with E-state index in [1.54, 1.807) is 24.3 Å². The van der Waals surface area contributed by atoms with Crippen molar-refractivity contribution in [2.45, 2.75) is 19.1 Å². The number of urea groups is 1. The number of hydrogen-bond acceptors (Lipinski definition) is 6. The summed E-state index contributed by atoms with van der Waals surface area (Å²) in [6.45, 7) is 0.0777. The summed E-state index contributed by atoms with van der Waals surface area (Å²) >= 11 is 24.0. The van der Waals surface area contributed by atoms with E-state index in [1.807, 2.05) is 0 Å². The maximum Gasteiger partial charge on any atom is 0.427 e. The van der Waals surface area contributed by atoms with Crippen molar-refractivity contribution in [1.29, 1.82) is 0 Å². The van der Waals surface area contributed by atoms with Crippen molar-refractivity contribution in [2.24, 2.45) is 0 Å².